The molecule has 1 aliphatic heterocycles. The minimum absolute atomic E-state index is 0.340. The van der Waals surface area contributed by atoms with E-state index >= 15 is 0 Å². The quantitative estimate of drug-likeness (QED) is 0.835. The van der Waals surface area contributed by atoms with Gasteiger partial charge in [-0.25, -0.2) is 0 Å². The number of morpholine rings is 1. The maximum absolute atomic E-state index is 5.74. The van der Waals surface area contributed by atoms with Crippen LogP contribution in [0.25, 0.3) is 0 Å². The van der Waals surface area contributed by atoms with Crippen molar-refractivity contribution >= 4 is 0 Å². The van der Waals surface area contributed by atoms with Gasteiger partial charge in [0.2, 0.25) is 0 Å². The Balaban J connectivity index is 1.68. The summed E-state index contributed by atoms with van der Waals surface area (Å²) in [6.45, 7) is 8.19. The molecule has 3 heteroatoms. The van der Waals surface area contributed by atoms with Crippen LogP contribution in [0.1, 0.15) is 12.5 Å². The van der Waals surface area contributed by atoms with Crippen LogP contribution in [0.15, 0.2) is 30.3 Å². The lowest BCUT2D eigenvalue weighted by atomic mass is 10.2. The lowest BCUT2D eigenvalue weighted by molar-refractivity contribution is -0.0253. The topological polar surface area (TPSA) is 24.5 Å². The van der Waals surface area contributed by atoms with Gasteiger partial charge in [-0.3, -0.25) is 4.90 Å². The van der Waals surface area contributed by atoms with Gasteiger partial charge < -0.3 is 10.1 Å². The van der Waals surface area contributed by atoms with Crippen molar-refractivity contribution < 1.29 is 4.74 Å². The van der Waals surface area contributed by atoms with Crippen LogP contribution in [0.5, 0.6) is 0 Å². The predicted octanol–water partition coefficient (Wildman–Crippen LogP) is 1.50. The normalized spacial score (nSPS) is 21.6. The zero-order chi connectivity index (χ0) is 11.9. The minimum Gasteiger partial charge on any atom is -0.374 e. The molecule has 0 aliphatic carbocycles. The van der Waals surface area contributed by atoms with E-state index in [0.717, 1.165) is 39.3 Å². The van der Waals surface area contributed by atoms with Gasteiger partial charge in [-0.2, -0.15) is 0 Å². The lowest BCUT2D eigenvalue weighted by Crippen LogP contribution is -2.46. The highest BCUT2D eigenvalue weighted by Gasteiger charge is 2.18. The molecule has 1 fully saturated rings. The monoisotopic (exact) mass is 234 g/mol. The minimum atomic E-state index is 0.340. The molecular formula is C14H22N2O. The van der Waals surface area contributed by atoms with Gasteiger partial charge in [0, 0.05) is 26.2 Å². The van der Waals surface area contributed by atoms with Crippen molar-refractivity contribution in [2.45, 2.75) is 19.6 Å². The Morgan fingerprint density at radius 3 is 2.94 bits per heavy atom. The first-order valence-electron chi connectivity index (χ1n) is 6.47. The summed E-state index contributed by atoms with van der Waals surface area (Å²) in [7, 11) is 0. The fraction of sp³-hybridized carbons (Fsp3) is 0.571. The van der Waals surface area contributed by atoms with E-state index in [1.54, 1.807) is 0 Å². The summed E-state index contributed by atoms with van der Waals surface area (Å²) in [5, 5.41) is 3.46. The van der Waals surface area contributed by atoms with Gasteiger partial charge in [-0.1, -0.05) is 37.3 Å². The molecule has 17 heavy (non-hydrogen) atoms. The van der Waals surface area contributed by atoms with Crippen LogP contribution < -0.4 is 5.32 Å². The molecule has 1 N–H and O–H groups in total. The molecule has 1 heterocycles. The summed E-state index contributed by atoms with van der Waals surface area (Å²) < 4.78 is 5.74. The molecular weight excluding hydrogens is 212 g/mol. The van der Waals surface area contributed by atoms with Crippen LogP contribution in [-0.2, 0) is 11.3 Å². The molecule has 1 unspecified atom stereocenters. The van der Waals surface area contributed by atoms with Crippen LogP contribution in [-0.4, -0.2) is 43.8 Å². The third-order valence-corrected chi connectivity index (χ3v) is 3.21. The molecule has 0 bridgehead atoms. The average Bonchev–Trinajstić information content (AvgIpc) is 2.40. The molecule has 3 nitrogen and oxygen atoms in total. The summed E-state index contributed by atoms with van der Waals surface area (Å²) >= 11 is 0. The van der Waals surface area contributed by atoms with E-state index in [1.165, 1.54) is 5.56 Å². The average molecular weight is 234 g/mol. The molecule has 0 aromatic heterocycles. The maximum atomic E-state index is 5.74. The zero-order valence-electron chi connectivity index (χ0n) is 10.6. The first-order chi connectivity index (χ1) is 8.38. The molecule has 1 aromatic rings. The highest BCUT2D eigenvalue weighted by Crippen LogP contribution is 2.04. The molecule has 0 amide bonds. The van der Waals surface area contributed by atoms with E-state index in [9.17, 15) is 0 Å². The van der Waals surface area contributed by atoms with E-state index in [2.05, 4.69) is 41.4 Å². The number of benzene rings is 1. The van der Waals surface area contributed by atoms with Crippen molar-refractivity contribution in [3.05, 3.63) is 35.9 Å². The molecule has 1 aromatic carbocycles. The fourth-order valence-electron chi connectivity index (χ4n) is 2.16. The third kappa shape index (κ3) is 4.11. The Kier molecular flexibility index (Phi) is 4.98. The largest absolute Gasteiger partial charge is 0.374 e. The Labute approximate surface area is 104 Å². The Morgan fingerprint density at radius 2 is 2.18 bits per heavy atom. The molecule has 1 atom stereocenters. The molecule has 94 valence electrons. The van der Waals surface area contributed by atoms with Gasteiger partial charge in [0.05, 0.1) is 12.7 Å². The van der Waals surface area contributed by atoms with E-state index in [4.69, 9.17) is 4.74 Å². The SMILES string of the molecule is CCN1CCOC(CNCc2ccccc2)C1. The number of nitrogens with zero attached hydrogens (tertiary/aromatic N) is 1. The van der Waals surface area contributed by atoms with Gasteiger partial charge >= 0.3 is 0 Å². The second kappa shape index (κ2) is 6.74. The number of rotatable bonds is 5. The number of likely N-dealkylation sites (N-methyl/N-ethyl adjacent to an activating group) is 1. The van der Waals surface area contributed by atoms with Gasteiger partial charge in [0.15, 0.2) is 0 Å². The summed E-state index contributed by atoms with van der Waals surface area (Å²) in [6, 6.07) is 10.5. The van der Waals surface area contributed by atoms with Crippen molar-refractivity contribution in [1.29, 1.82) is 0 Å². The molecule has 1 aliphatic rings. The van der Waals surface area contributed by atoms with Crippen molar-refractivity contribution in [3.8, 4) is 0 Å². The van der Waals surface area contributed by atoms with Crippen molar-refractivity contribution in [2.75, 3.05) is 32.8 Å². The molecule has 2 rings (SSSR count). The number of nitrogens with one attached hydrogen (secondary N) is 1. The predicted molar refractivity (Wildman–Crippen MR) is 70.0 cm³/mol. The highest BCUT2D eigenvalue weighted by molar-refractivity contribution is 5.14. The molecule has 0 saturated carbocycles. The molecule has 1 saturated heterocycles. The smallest absolute Gasteiger partial charge is 0.0826 e. The van der Waals surface area contributed by atoms with E-state index in [1.807, 2.05) is 6.07 Å². The van der Waals surface area contributed by atoms with Gasteiger partial charge in [-0.15, -0.1) is 0 Å². The first kappa shape index (κ1) is 12.6. The van der Waals surface area contributed by atoms with Crippen molar-refractivity contribution in [1.82, 2.24) is 10.2 Å². The Bertz CT molecular complexity index is 315. The van der Waals surface area contributed by atoms with Gasteiger partial charge in [-0.05, 0) is 12.1 Å². The number of hydrogen-bond acceptors (Lipinski definition) is 3. The fourth-order valence-corrected chi connectivity index (χ4v) is 2.16. The Hall–Kier alpha value is -0.900. The van der Waals surface area contributed by atoms with E-state index < -0.39 is 0 Å². The van der Waals surface area contributed by atoms with Crippen LogP contribution in [0.3, 0.4) is 0 Å². The van der Waals surface area contributed by atoms with Gasteiger partial charge in [0.1, 0.15) is 0 Å². The zero-order valence-corrected chi connectivity index (χ0v) is 10.6. The van der Waals surface area contributed by atoms with Gasteiger partial charge in [0.25, 0.3) is 0 Å². The molecule has 0 spiro atoms. The van der Waals surface area contributed by atoms with E-state index in [0.29, 0.717) is 6.10 Å². The van der Waals surface area contributed by atoms with Crippen LogP contribution >= 0.6 is 0 Å². The summed E-state index contributed by atoms with van der Waals surface area (Å²) in [5.74, 6) is 0. The first-order valence-corrected chi connectivity index (χ1v) is 6.47. The summed E-state index contributed by atoms with van der Waals surface area (Å²) in [4.78, 5) is 2.44. The highest BCUT2D eigenvalue weighted by atomic mass is 16.5. The summed E-state index contributed by atoms with van der Waals surface area (Å²) in [5.41, 5.74) is 1.33. The standard InChI is InChI=1S/C14H22N2O/c1-2-16-8-9-17-14(12-16)11-15-10-13-6-4-3-5-7-13/h3-7,14-15H,2,8-12H2,1H3. The second-order valence-corrected chi connectivity index (χ2v) is 4.50. The van der Waals surface area contributed by atoms with Crippen LogP contribution in [0.4, 0.5) is 0 Å². The number of ether oxygens (including phenoxy) is 1. The van der Waals surface area contributed by atoms with Crippen molar-refractivity contribution in [3.63, 3.8) is 0 Å². The maximum Gasteiger partial charge on any atom is 0.0826 e. The van der Waals surface area contributed by atoms with Crippen LogP contribution in [0.2, 0.25) is 0 Å². The molecule has 0 radical (unpaired) electrons. The Morgan fingerprint density at radius 1 is 1.35 bits per heavy atom. The third-order valence-electron chi connectivity index (χ3n) is 3.21. The second-order valence-electron chi connectivity index (χ2n) is 4.50. The van der Waals surface area contributed by atoms with Crippen LogP contribution in [0, 0.1) is 0 Å². The number of hydrogen-bond donors (Lipinski definition) is 1. The summed E-state index contributed by atoms with van der Waals surface area (Å²) in [6.07, 6.45) is 0.340. The van der Waals surface area contributed by atoms with E-state index in [-0.39, 0.29) is 0 Å². The lowest BCUT2D eigenvalue weighted by Gasteiger charge is -2.32. The van der Waals surface area contributed by atoms with Crippen molar-refractivity contribution in [2.24, 2.45) is 0 Å².